The van der Waals surface area contributed by atoms with Gasteiger partial charge in [-0.25, -0.2) is 9.97 Å². The quantitative estimate of drug-likeness (QED) is 0.822. The molecule has 3 heterocycles. The van der Waals surface area contributed by atoms with Gasteiger partial charge in [0.2, 0.25) is 0 Å². The Morgan fingerprint density at radius 3 is 2.85 bits per heavy atom. The van der Waals surface area contributed by atoms with Crippen molar-refractivity contribution in [3.05, 3.63) is 44.6 Å². The Kier molecular flexibility index (Phi) is 2.91. The Morgan fingerprint density at radius 2 is 2.20 bits per heavy atom. The molecule has 104 valence electrons. The van der Waals surface area contributed by atoms with Crippen LogP contribution < -0.4 is 5.32 Å². The van der Waals surface area contributed by atoms with Crippen molar-refractivity contribution in [2.24, 2.45) is 0 Å². The van der Waals surface area contributed by atoms with Crippen molar-refractivity contribution in [3.63, 3.8) is 0 Å². The van der Waals surface area contributed by atoms with Crippen LogP contribution in [0.15, 0.2) is 28.4 Å². The maximum atomic E-state index is 14.9. The number of nitrogens with one attached hydrogen (secondary N) is 2. The fourth-order valence-corrected chi connectivity index (χ4v) is 3.77. The summed E-state index contributed by atoms with van der Waals surface area (Å²) in [6, 6.07) is 1.63. The average Bonchev–Trinajstić information content (AvgIpc) is 2.84. The van der Waals surface area contributed by atoms with Gasteiger partial charge in [-0.15, -0.1) is 11.3 Å². The minimum atomic E-state index is -3.25. The van der Waals surface area contributed by atoms with Crippen molar-refractivity contribution in [3.8, 4) is 0 Å². The molecule has 0 aromatic carbocycles. The minimum absolute atomic E-state index is 0.0330. The SMILES string of the molecule is CC1(c2cc(Br)cs2)NC(=N)c2cncnc2C1(F)F. The van der Waals surface area contributed by atoms with Crippen molar-refractivity contribution >= 4 is 33.1 Å². The second-order valence-corrected chi connectivity index (χ2v) is 6.44. The van der Waals surface area contributed by atoms with Crippen LogP contribution in [0.4, 0.5) is 8.78 Å². The standard InChI is InChI=1S/C12H9BrF2N4S/c1-11(8-2-6(13)4-20-8)12(14,15)9-7(10(16)19-11)3-17-5-18-9/h2-5H,1H3,(H2,16,19). The zero-order valence-electron chi connectivity index (χ0n) is 10.2. The molecule has 3 rings (SSSR count). The molecule has 0 radical (unpaired) electrons. The van der Waals surface area contributed by atoms with E-state index in [0.29, 0.717) is 4.88 Å². The van der Waals surface area contributed by atoms with Gasteiger partial charge in [0.05, 0.1) is 5.56 Å². The Bertz CT molecular complexity index is 702. The third-order valence-electron chi connectivity index (χ3n) is 3.34. The van der Waals surface area contributed by atoms with Crippen LogP contribution in [0.3, 0.4) is 0 Å². The van der Waals surface area contributed by atoms with Gasteiger partial charge in [-0.05, 0) is 28.9 Å². The number of fused-ring (bicyclic) bond motifs is 1. The van der Waals surface area contributed by atoms with E-state index in [1.165, 1.54) is 24.5 Å². The molecule has 0 spiro atoms. The van der Waals surface area contributed by atoms with Crippen LogP contribution in [0.1, 0.15) is 23.1 Å². The summed E-state index contributed by atoms with van der Waals surface area (Å²) in [5, 5.41) is 12.3. The molecule has 0 saturated heterocycles. The van der Waals surface area contributed by atoms with Crippen LogP contribution in [0.25, 0.3) is 0 Å². The molecule has 4 nitrogen and oxygen atoms in total. The Balaban J connectivity index is 2.23. The molecule has 20 heavy (non-hydrogen) atoms. The van der Waals surface area contributed by atoms with E-state index in [1.54, 1.807) is 11.4 Å². The van der Waals surface area contributed by atoms with Gasteiger partial charge in [-0.3, -0.25) is 5.41 Å². The predicted octanol–water partition coefficient (Wildman–Crippen LogP) is 3.24. The fraction of sp³-hybridized carbons (Fsp3) is 0.250. The summed E-state index contributed by atoms with van der Waals surface area (Å²) in [7, 11) is 0. The highest BCUT2D eigenvalue weighted by Gasteiger charge is 2.59. The molecule has 2 N–H and O–H groups in total. The molecule has 0 aliphatic carbocycles. The second kappa shape index (κ2) is 4.29. The zero-order chi connectivity index (χ0) is 14.5. The smallest absolute Gasteiger partial charge is 0.317 e. The van der Waals surface area contributed by atoms with Gasteiger partial charge in [0.15, 0.2) is 0 Å². The third-order valence-corrected chi connectivity index (χ3v) is 5.25. The number of hydrogen-bond donors (Lipinski definition) is 2. The van der Waals surface area contributed by atoms with Gasteiger partial charge in [-0.1, -0.05) is 0 Å². The first-order valence-corrected chi connectivity index (χ1v) is 7.33. The molecule has 0 amide bonds. The summed E-state index contributed by atoms with van der Waals surface area (Å²) in [6.45, 7) is 1.38. The average molecular weight is 359 g/mol. The predicted molar refractivity (Wildman–Crippen MR) is 75.3 cm³/mol. The molecule has 1 aliphatic heterocycles. The fourth-order valence-electron chi connectivity index (χ4n) is 2.19. The molecular weight excluding hydrogens is 350 g/mol. The molecule has 0 saturated carbocycles. The summed E-state index contributed by atoms with van der Waals surface area (Å²) in [5.74, 6) is -3.35. The Morgan fingerprint density at radius 1 is 1.45 bits per heavy atom. The van der Waals surface area contributed by atoms with Gasteiger partial charge in [-0.2, -0.15) is 8.78 Å². The normalized spacial score (nSPS) is 24.1. The van der Waals surface area contributed by atoms with E-state index in [0.717, 1.165) is 10.8 Å². The van der Waals surface area contributed by atoms with Crippen LogP contribution in [-0.2, 0) is 11.5 Å². The second-order valence-electron chi connectivity index (χ2n) is 4.61. The zero-order valence-corrected chi connectivity index (χ0v) is 12.6. The number of rotatable bonds is 1. The first-order valence-electron chi connectivity index (χ1n) is 5.66. The van der Waals surface area contributed by atoms with Crippen molar-refractivity contribution in [2.45, 2.75) is 18.4 Å². The lowest BCUT2D eigenvalue weighted by molar-refractivity contribution is -0.0931. The van der Waals surface area contributed by atoms with Crippen LogP contribution in [-0.4, -0.2) is 15.8 Å². The summed E-state index contributed by atoms with van der Waals surface area (Å²) in [4.78, 5) is 7.84. The highest BCUT2D eigenvalue weighted by molar-refractivity contribution is 9.10. The van der Waals surface area contributed by atoms with Crippen LogP contribution in [0, 0.1) is 5.41 Å². The Labute approximate surface area is 125 Å². The van der Waals surface area contributed by atoms with Gasteiger partial charge >= 0.3 is 5.92 Å². The summed E-state index contributed by atoms with van der Waals surface area (Å²) in [6.07, 6.45) is 2.31. The topological polar surface area (TPSA) is 61.7 Å². The van der Waals surface area contributed by atoms with E-state index in [2.05, 4.69) is 31.2 Å². The molecule has 0 bridgehead atoms. The lowest BCUT2D eigenvalue weighted by Crippen LogP contribution is -2.58. The maximum absolute atomic E-state index is 14.9. The highest BCUT2D eigenvalue weighted by Crippen LogP contribution is 2.49. The number of aromatic nitrogens is 2. The van der Waals surface area contributed by atoms with E-state index in [9.17, 15) is 8.78 Å². The lowest BCUT2D eigenvalue weighted by Gasteiger charge is -2.41. The minimum Gasteiger partial charge on any atom is -0.354 e. The maximum Gasteiger partial charge on any atom is 0.317 e. The molecule has 8 heteroatoms. The van der Waals surface area contributed by atoms with Crippen LogP contribution in [0.2, 0.25) is 0 Å². The summed E-state index contributed by atoms with van der Waals surface area (Å²) in [5.41, 5.74) is -2.09. The van der Waals surface area contributed by atoms with Crippen molar-refractivity contribution in [1.29, 1.82) is 5.41 Å². The molecule has 1 atom stereocenters. The van der Waals surface area contributed by atoms with E-state index < -0.39 is 17.2 Å². The first kappa shape index (κ1) is 13.6. The first-order chi connectivity index (χ1) is 9.36. The van der Waals surface area contributed by atoms with Crippen LogP contribution in [0.5, 0.6) is 0 Å². The third kappa shape index (κ3) is 1.71. The Hall–Kier alpha value is -1.41. The van der Waals surface area contributed by atoms with E-state index >= 15 is 0 Å². The van der Waals surface area contributed by atoms with Gasteiger partial charge < -0.3 is 5.32 Å². The molecule has 2 aromatic heterocycles. The van der Waals surface area contributed by atoms with Crippen LogP contribution >= 0.6 is 27.3 Å². The highest BCUT2D eigenvalue weighted by atomic mass is 79.9. The monoisotopic (exact) mass is 358 g/mol. The van der Waals surface area contributed by atoms with Crippen molar-refractivity contribution in [2.75, 3.05) is 0 Å². The molecule has 1 unspecified atom stereocenters. The van der Waals surface area contributed by atoms with Crippen molar-refractivity contribution < 1.29 is 8.78 Å². The number of alkyl halides is 2. The van der Waals surface area contributed by atoms with Gasteiger partial charge in [0.25, 0.3) is 0 Å². The molecular formula is C12H9BrF2N4S. The number of nitrogens with zero attached hydrogens (tertiary/aromatic N) is 2. The summed E-state index contributed by atoms with van der Waals surface area (Å²) < 4.78 is 30.4. The number of thiophene rings is 1. The molecule has 0 fully saturated rings. The summed E-state index contributed by atoms with van der Waals surface area (Å²) >= 11 is 4.47. The number of amidine groups is 1. The number of halogens is 3. The lowest BCUT2D eigenvalue weighted by atomic mass is 9.83. The molecule has 1 aliphatic rings. The molecule has 2 aromatic rings. The van der Waals surface area contributed by atoms with Gasteiger partial charge in [0.1, 0.15) is 23.4 Å². The number of hydrogen-bond acceptors (Lipinski definition) is 4. The largest absolute Gasteiger partial charge is 0.354 e. The van der Waals surface area contributed by atoms with Crippen molar-refractivity contribution in [1.82, 2.24) is 15.3 Å². The van der Waals surface area contributed by atoms with E-state index in [-0.39, 0.29) is 11.4 Å². The van der Waals surface area contributed by atoms with E-state index in [4.69, 9.17) is 5.41 Å². The van der Waals surface area contributed by atoms with E-state index in [1.807, 2.05) is 0 Å². The van der Waals surface area contributed by atoms with Gasteiger partial charge in [0, 0.05) is 20.9 Å².